The average Bonchev–Trinajstić information content (AvgIpc) is 3.24. The number of aromatic nitrogens is 4. The molecule has 1 fully saturated rings. The Morgan fingerprint density at radius 2 is 1.86 bits per heavy atom. The molecular weight excluding hydrogens is 543 g/mol. The van der Waals surface area contributed by atoms with Gasteiger partial charge in [-0.2, -0.15) is 13.6 Å². The van der Waals surface area contributed by atoms with Crippen LogP contribution in [0.15, 0.2) is 23.8 Å². The Bertz CT molecular complexity index is 1290. The first-order chi connectivity index (χ1) is 16.1. The molecule has 0 saturated carbocycles. The summed E-state index contributed by atoms with van der Waals surface area (Å²) in [5.41, 5.74) is -0.807. The topological polar surface area (TPSA) is 285 Å². The number of H-pyrrole nitrogens is 1. The minimum absolute atomic E-state index is 0.0430. The largest absolute Gasteiger partial charge is 0.490 e. The number of anilines is 1. The maximum Gasteiger partial charge on any atom is 0.490 e. The van der Waals surface area contributed by atoms with Gasteiger partial charge in [-0.1, -0.05) is 6.08 Å². The number of ether oxygens (including phenoxy) is 1. The molecule has 6 atom stereocenters. The highest BCUT2D eigenvalue weighted by molar-refractivity contribution is 7.66. The van der Waals surface area contributed by atoms with Crippen LogP contribution in [0.5, 0.6) is 0 Å². The maximum absolute atomic E-state index is 12.2. The first-order valence-electron chi connectivity index (χ1n) is 9.24. The van der Waals surface area contributed by atoms with Crippen molar-refractivity contribution in [1.29, 1.82) is 0 Å². The van der Waals surface area contributed by atoms with Crippen LogP contribution in [0.4, 0.5) is 5.95 Å². The molecule has 0 spiro atoms. The molecule has 1 aliphatic heterocycles. The fourth-order valence-corrected chi connectivity index (χ4v) is 5.96. The van der Waals surface area contributed by atoms with Crippen molar-refractivity contribution >= 4 is 40.6 Å². The van der Waals surface area contributed by atoms with Crippen molar-refractivity contribution in [1.82, 2.24) is 19.5 Å². The number of phosphoric acid groups is 3. The van der Waals surface area contributed by atoms with Gasteiger partial charge in [-0.3, -0.25) is 18.9 Å². The zero-order valence-electron chi connectivity index (χ0n) is 17.2. The molecule has 0 radical (unpaired) electrons. The standard InChI is InChI=1S/C13H20N5O14P3/c1-2-3-14-13-16-10-7(11(21)17-13)15-5-18(10)12-9(20)8(19)6(30-12)4-29-34(25,26)32-35(27,28)31-33(22,23)24/h2,5-6,8-9,12,19-20H,1,3-4H2,(H,25,26)(H,27,28)(H2,22,23,24)(H2,14,16,17,21)/t6-,8-,9-,12-/m1/s1. The summed E-state index contributed by atoms with van der Waals surface area (Å²) in [4.78, 5) is 58.5. The molecule has 2 unspecified atom stereocenters. The molecule has 22 heteroatoms. The zero-order valence-corrected chi connectivity index (χ0v) is 19.9. The van der Waals surface area contributed by atoms with Gasteiger partial charge in [0, 0.05) is 6.54 Å². The van der Waals surface area contributed by atoms with Crippen LogP contribution in [-0.2, 0) is 31.6 Å². The summed E-state index contributed by atoms with van der Waals surface area (Å²) in [6, 6.07) is 0. The van der Waals surface area contributed by atoms with E-state index in [4.69, 9.17) is 19.4 Å². The van der Waals surface area contributed by atoms with E-state index in [9.17, 15) is 33.6 Å². The van der Waals surface area contributed by atoms with Gasteiger partial charge in [-0.25, -0.2) is 18.7 Å². The molecule has 3 heterocycles. The number of fused-ring (bicyclic) bond motifs is 1. The summed E-state index contributed by atoms with van der Waals surface area (Å²) in [5, 5.41) is 23.4. The van der Waals surface area contributed by atoms with Gasteiger partial charge in [0.05, 0.1) is 12.9 Å². The van der Waals surface area contributed by atoms with E-state index in [0.29, 0.717) is 0 Å². The number of phosphoric ester groups is 1. The smallest absolute Gasteiger partial charge is 0.387 e. The Labute approximate surface area is 194 Å². The van der Waals surface area contributed by atoms with Crippen molar-refractivity contribution in [3.63, 3.8) is 0 Å². The third-order valence-electron chi connectivity index (χ3n) is 4.28. The van der Waals surface area contributed by atoms with Gasteiger partial charge in [-0.05, 0) is 0 Å². The summed E-state index contributed by atoms with van der Waals surface area (Å²) >= 11 is 0. The highest BCUT2D eigenvalue weighted by Crippen LogP contribution is 2.66. The van der Waals surface area contributed by atoms with E-state index in [1.807, 2.05) is 0 Å². The summed E-state index contributed by atoms with van der Waals surface area (Å²) < 4.78 is 52.1. The number of aromatic amines is 1. The average molecular weight is 563 g/mol. The van der Waals surface area contributed by atoms with Crippen LogP contribution in [0.25, 0.3) is 11.2 Å². The first kappa shape index (κ1) is 27.8. The van der Waals surface area contributed by atoms with Gasteiger partial charge in [0.1, 0.15) is 18.3 Å². The van der Waals surface area contributed by atoms with E-state index in [-0.39, 0.29) is 23.7 Å². The Morgan fingerprint density at radius 1 is 1.17 bits per heavy atom. The number of rotatable bonds is 11. The molecule has 3 rings (SSSR count). The lowest BCUT2D eigenvalue weighted by Gasteiger charge is -2.19. The van der Waals surface area contributed by atoms with E-state index in [0.717, 1.165) is 10.9 Å². The van der Waals surface area contributed by atoms with Crippen molar-refractivity contribution in [3.8, 4) is 0 Å². The number of aliphatic hydroxyl groups is 2. The number of imidazole rings is 1. The van der Waals surface area contributed by atoms with E-state index < -0.39 is 60.2 Å². The van der Waals surface area contributed by atoms with Crippen molar-refractivity contribution < 1.29 is 61.4 Å². The number of aliphatic hydroxyl groups excluding tert-OH is 2. The van der Waals surface area contributed by atoms with Crippen LogP contribution >= 0.6 is 23.5 Å². The second-order valence-corrected chi connectivity index (χ2v) is 11.3. The van der Waals surface area contributed by atoms with Gasteiger partial charge >= 0.3 is 23.5 Å². The molecule has 0 aromatic carbocycles. The van der Waals surface area contributed by atoms with Crippen molar-refractivity contribution in [2.75, 3.05) is 18.5 Å². The lowest BCUT2D eigenvalue weighted by atomic mass is 10.1. The predicted molar refractivity (Wildman–Crippen MR) is 113 cm³/mol. The first-order valence-corrected chi connectivity index (χ1v) is 13.8. The van der Waals surface area contributed by atoms with Gasteiger partial charge in [0.2, 0.25) is 5.95 Å². The summed E-state index contributed by atoms with van der Waals surface area (Å²) in [6.07, 6.45) is -3.78. The van der Waals surface area contributed by atoms with Crippen LogP contribution in [-0.4, -0.2) is 80.8 Å². The predicted octanol–water partition coefficient (Wildman–Crippen LogP) is -1.32. The molecule has 0 amide bonds. The van der Waals surface area contributed by atoms with Crippen LogP contribution in [0.1, 0.15) is 6.23 Å². The minimum Gasteiger partial charge on any atom is -0.387 e. The fraction of sp³-hybridized carbons (Fsp3) is 0.462. The molecule has 196 valence electrons. The maximum atomic E-state index is 12.2. The van der Waals surface area contributed by atoms with Crippen molar-refractivity contribution in [2.24, 2.45) is 0 Å². The monoisotopic (exact) mass is 563 g/mol. The molecule has 0 aliphatic carbocycles. The summed E-state index contributed by atoms with van der Waals surface area (Å²) in [5.74, 6) is 0.0430. The number of hydrogen-bond donors (Lipinski definition) is 8. The third-order valence-corrected chi connectivity index (χ3v) is 8.08. The van der Waals surface area contributed by atoms with E-state index in [2.05, 4.69) is 40.0 Å². The molecule has 8 N–H and O–H groups in total. The lowest BCUT2D eigenvalue weighted by molar-refractivity contribution is -0.0503. The van der Waals surface area contributed by atoms with E-state index >= 15 is 0 Å². The van der Waals surface area contributed by atoms with Crippen LogP contribution < -0.4 is 10.9 Å². The Morgan fingerprint density at radius 3 is 2.49 bits per heavy atom. The molecular formula is C13H20N5O14P3. The van der Waals surface area contributed by atoms with Crippen LogP contribution in [0.3, 0.4) is 0 Å². The van der Waals surface area contributed by atoms with Crippen molar-refractivity contribution in [2.45, 2.75) is 24.5 Å². The number of nitrogens with one attached hydrogen (secondary N) is 2. The highest BCUT2D eigenvalue weighted by atomic mass is 31.3. The third kappa shape index (κ3) is 6.90. The summed E-state index contributed by atoms with van der Waals surface area (Å²) in [6.45, 7) is 2.76. The minimum atomic E-state index is -5.74. The molecule has 2 aromatic heterocycles. The highest BCUT2D eigenvalue weighted by Gasteiger charge is 2.47. The Balaban J connectivity index is 1.75. The number of hydrogen-bond acceptors (Lipinski definition) is 13. The van der Waals surface area contributed by atoms with Gasteiger partial charge < -0.3 is 39.8 Å². The molecule has 35 heavy (non-hydrogen) atoms. The molecule has 2 aromatic rings. The molecule has 1 saturated heterocycles. The van der Waals surface area contributed by atoms with Gasteiger partial charge in [0.25, 0.3) is 5.56 Å². The number of nitrogens with zero attached hydrogens (tertiary/aromatic N) is 3. The van der Waals surface area contributed by atoms with Gasteiger partial charge in [0.15, 0.2) is 17.4 Å². The summed E-state index contributed by atoms with van der Waals surface area (Å²) in [7, 11) is -16.8. The Hall–Kier alpha value is -1.82. The fourth-order valence-electron chi connectivity index (χ4n) is 2.93. The lowest BCUT2D eigenvalue weighted by Crippen LogP contribution is -2.33. The van der Waals surface area contributed by atoms with Crippen LogP contribution in [0.2, 0.25) is 0 Å². The second-order valence-electron chi connectivity index (χ2n) is 6.84. The Kier molecular flexibility index (Phi) is 8.15. The van der Waals surface area contributed by atoms with E-state index in [1.54, 1.807) is 0 Å². The molecule has 19 nitrogen and oxygen atoms in total. The normalized spacial score (nSPS) is 26.3. The van der Waals surface area contributed by atoms with Crippen molar-refractivity contribution in [3.05, 3.63) is 29.3 Å². The van der Waals surface area contributed by atoms with E-state index in [1.165, 1.54) is 6.08 Å². The quantitative estimate of drug-likeness (QED) is 0.116. The second kappa shape index (κ2) is 10.3. The van der Waals surface area contributed by atoms with Crippen LogP contribution in [0, 0.1) is 0 Å². The zero-order chi connectivity index (χ0) is 26.2. The van der Waals surface area contributed by atoms with Gasteiger partial charge in [-0.15, -0.1) is 6.58 Å². The molecule has 1 aliphatic rings. The SMILES string of the molecule is C=CCNc1nc2c(ncn2[C@@H]2O[C@H](COP(=O)(O)OP(=O)(O)OP(=O)(O)O)[C@@H](O)[C@H]2O)c(=O)[nH]1. The molecule has 0 bridgehead atoms.